The first-order valence-corrected chi connectivity index (χ1v) is 11.2. The molecular weight excluding hydrogens is 434 g/mol. The van der Waals surface area contributed by atoms with Crippen LogP contribution in [0.2, 0.25) is 0 Å². The summed E-state index contributed by atoms with van der Waals surface area (Å²) in [4.78, 5) is 12.4. The van der Waals surface area contributed by atoms with Crippen molar-refractivity contribution in [2.75, 3.05) is 5.75 Å². The summed E-state index contributed by atoms with van der Waals surface area (Å²) in [6.45, 7) is 5.94. The van der Waals surface area contributed by atoms with Gasteiger partial charge in [0.15, 0.2) is 11.0 Å². The van der Waals surface area contributed by atoms with Crippen LogP contribution in [0.25, 0.3) is 22.8 Å². The van der Waals surface area contributed by atoms with Crippen molar-refractivity contribution in [3.63, 3.8) is 0 Å². The highest BCUT2D eigenvalue weighted by Crippen LogP contribution is 2.28. The monoisotopic (exact) mass is 457 g/mol. The second-order valence-electron chi connectivity index (χ2n) is 7.33. The van der Waals surface area contributed by atoms with Crippen molar-refractivity contribution < 1.29 is 9.90 Å². The van der Waals surface area contributed by atoms with Gasteiger partial charge in [-0.2, -0.15) is 0 Å². The van der Waals surface area contributed by atoms with Gasteiger partial charge in [-0.1, -0.05) is 66.4 Å². The van der Waals surface area contributed by atoms with Gasteiger partial charge in [0, 0.05) is 11.3 Å². The summed E-state index contributed by atoms with van der Waals surface area (Å²) in [7, 11) is 0. The molecule has 0 aliphatic heterocycles. The van der Waals surface area contributed by atoms with E-state index in [0.717, 1.165) is 22.4 Å². The molecule has 0 saturated carbocycles. The maximum Gasteiger partial charge on any atom is 0.248 e. The zero-order valence-corrected chi connectivity index (χ0v) is 18.8. The van der Waals surface area contributed by atoms with Gasteiger partial charge < -0.3 is 5.11 Å². The number of benzene rings is 3. The van der Waals surface area contributed by atoms with Crippen LogP contribution >= 0.6 is 11.8 Å². The molecule has 1 aromatic heterocycles. The van der Waals surface area contributed by atoms with Gasteiger partial charge in [-0.3, -0.25) is 20.2 Å². The molecule has 4 aromatic rings. The molecule has 0 saturated heterocycles. The number of carbonyl (C=O) groups is 1. The predicted molar refractivity (Wildman–Crippen MR) is 131 cm³/mol. The van der Waals surface area contributed by atoms with E-state index in [9.17, 15) is 9.90 Å². The molecule has 0 unspecified atom stereocenters. The van der Waals surface area contributed by atoms with Crippen LogP contribution in [0.4, 0.5) is 0 Å². The number of aryl methyl sites for hydroxylation is 1. The minimum Gasteiger partial charge on any atom is -0.508 e. The first-order chi connectivity index (χ1) is 16.0. The molecule has 0 spiro atoms. The quantitative estimate of drug-likeness (QED) is 0.269. The van der Waals surface area contributed by atoms with Gasteiger partial charge in [0.1, 0.15) is 5.75 Å². The van der Waals surface area contributed by atoms with Gasteiger partial charge in [0.2, 0.25) is 5.91 Å². The highest BCUT2D eigenvalue weighted by atomic mass is 32.2. The van der Waals surface area contributed by atoms with Crippen molar-refractivity contribution in [1.29, 1.82) is 0 Å². The van der Waals surface area contributed by atoms with E-state index in [2.05, 4.69) is 27.6 Å². The summed E-state index contributed by atoms with van der Waals surface area (Å²) >= 11 is 1.29. The molecule has 166 valence electrons. The largest absolute Gasteiger partial charge is 0.508 e. The first-order valence-electron chi connectivity index (χ1n) is 10.2. The highest BCUT2D eigenvalue weighted by molar-refractivity contribution is 7.99. The number of rotatable bonds is 8. The summed E-state index contributed by atoms with van der Waals surface area (Å²) in [6, 6.07) is 24.4. The van der Waals surface area contributed by atoms with Crippen molar-refractivity contribution >= 4 is 23.4 Å². The second kappa shape index (κ2) is 10.1. The van der Waals surface area contributed by atoms with Crippen molar-refractivity contribution in [1.82, 2.24) is 25.6 Å². The highest BCUT2D eigenvalue weighted by Gasteiger charge is 2.17. The molecule has 3 N–H and O–H groups in total. The normalized spacial score (nSPS) is 10.6. The molecule has 1 amide bonds. The third-order valence-corrected chi connectivity index (χ3v) is 5.79. The van der Waals surface area contributed by atoms with E-state index in [0.29, 0.717) is 16.7 Å². The number of hydrogen-bond acceptors (Lipinski definition) is 6. The average molecular weight is 458 g/mol. The van der Waals surface area contributed by atoms with E-state index < -0.39 is 0 Å². The van der Waals surface area contributed by atoms with Crippen molar-refractivity contribution in [2.45, 2.75) is 12.1 Å². The van der Waals surface area contributed by atoms with E-state index in [1.165, 1.54) is 11.8 Å². The number of aromatic nitrogens is 3. The van der Waals surface area contributed by atoms with E-state index in [1.54, 1.807) is 24.3 Å². The average Bonchev–Trinajstić information content (AvgIpc) is 3.26. The smallest absolute Gasteiger partial charge is 0.248 e. The van der Waals surface area contributed by atoms with Crippen LogP contribution in [-0.2, 0) is 4.79 Å². The van der Waals surface area contributed by atoms with E-state index in [1.807, 2.05) is 66.1 Å². The SMILES string of the molecule is C=C(NNC(=O)CSc1nnc(-c2ccccc2)n1-c1ccc(C)cc1)c1ccc(O)cc1. The zero-order chi connectivity index (χ0) is 23.2. The number of nitrogens with zero attached hydrogens (tertiary/aromatic N) is 3. The Morgan fingerprint density at radius 1 is 0.970 bits per heavy atom. The number of amides is 1. The summed E-state index contributed by atoms with van der Waals surface area (Å²) in [6.07, 6.45) is 0. The number of phenols is 1. The van der Waals surface area contributed by atoms with E-state index in [4.69, 9.17) is 0 Å². The molecule has 0 aliphatic rings. The fraction of sp³-hybridized carbons (Fsp3) is 0.0800. The Morgan fingerprint density at radius 2 is 1.67 bits per heavy atom. The van der Waals surface area contributed by atoms with E-state index >= 15 is 0 Å². The molecule has 33 heavy (non-hydrogen) atoms. The van der Waals surface area contributed by atoms with E-state index in [-0.39, 0.29) is 17.4 Å². The van der Waals surface area contributed by atoms with Crippen molar-refractivity contribution in [3.05, 3.63) is 96.6 Å². The van der Waals surface area contributed by atoms with Gasteiger partial charge >= 0.3 is 0 Å². The molecular formula is C25H23N5O2S. The molecule has 3 aromatic carbocycles. The van der Waals surface area contributed by atoms with Crippen LogP contribution < -0.4 is 10.9 Å². The number of nitrogens with one attached hydrogen (secondary N) is 2. The topological polar surface area (TPSA) is 92.1 Å². The van der Waals surface area contributed by atoms with Gasteiger partial charge in [-0.15, -0.1) is 10.2 Å². The first kappa shape index (κ1) is 22.2. The van der Waals surface area contributed by atoms with Crippen LogP contribution in [0.3, 0.4) is 0 Å². The molecule has 0 fully saturated rings. The summed E-state index contributed by atoms with van der Waals surface area (Å²) in [5, 5.41) is 18.8. The number of thioether (sulfide) groups is 1. The molecule has 0 atom stereocenters. The summed E-state index contributed by atoms with van der Waals surface area (Å²) in [5.74, 6) is 0.773. The fourth-order valence-electron chi connectivity index (χ4n) is 3.11. The Kier molecular flexibility index (Phi) is 6.75. The molecule has 1 heterocycles. The standard InChI is InChI=1S/C25H23N5O2S/c1-17-8-12-21(13-9-17)30-24(20-6-4-3-5-7-20)28-29-25(30)33-16-23(32)27-26-18(2)19-10-14-22(31)15-11-19/h3-15,26,31H,2,16H2,1H3,(H,27,32). The zero-order valence-electron chi connectivity index (χ0n) is 18.0. The number of phenolic OH excluding ortho intramolecular Hbond substituents is 1. The number of hydrazine groups is 1. The number of carbonyl (C=O) groups excluding carboxylic acids is 1. The molecule has 4 rings (SSSR count). The van der Waals surface area contributed by atoms with Crippen molar-refractivity contribution in [3.8, 4) is 22.8 Å². The van der Waals surface area contributed by atoms with Crippen molar-refractivity contribution in [2.24, 2.45) is 0 Å². The van der Waals surface area contributed by atoms with Gasteiger partial charge in [-0.05, 0) is 48.9 Å². The second-order valence-corrected chi connectivity index (χ2v) is 8.27. The Morgan fingerprint density at radius 3 is 2.36 bits per heavy atom. The minimum absolute atomic E-state index is 0.134. The lowest BCUT2D eigenvalue weighted by atomic mass is 10.2. The fourth-order valence-corrected chi connectivity index (χ4v) is 3.86. The molecule has 0 bridgehead atoms. The Hall–Kier alpha value is -4.04. The lowest BCUT2D eigenvalue weighted by Crippen LogP contribution is -2.37. The summed E-state index contributed by atoms with van der Waals surface area (Å²) in [5.41, 5.74) is 9.74. The molecule has 8 heteroatoms. The third kappa shape index (κ3) is 5.42. The van der Waals surface area contributed by atoms with Crippen LogP contribution in [0.1, 0.15) is 11.1 Å². The maximum absolute atomic E-state index is 12.4. The number of aromatic hydroxyl groups is 1. The lowest BCUT2D eigenvalue weighted by molar-refractivity contribution is -0.119. The molecule has 0 aliphatic carbocycles. The Bertz CT molecular complexity index is 1250. The Balaban J connectivity index is 1.47. The lowest BCUT2D eigenvalue weighted by Gasteiger charge is -2.12. The van der Waals surface area contributed by atoms with Gasteiger partial charge in [0.25, 0.3) is 0 Å². The minimum atomic E-state index is -0.236. The summed E-state index contributed by atoms with van der Waals surface area (Å²) < 4.78 is 1.95. The molecule has 7 nitrogen and oxygen atoms in total. The number of hydrogen-bond donors (Lipinski definition) is 3. The van der Waals surface area contributed by atoms with Crippen LogP contribution in [-0.4, -0.2) is 31.5 Å². The van der Waals surface area contributed by atoms with Crippen LogP contribution in [0.5, 0.6) is 5.75 Å². The third-order valence-electron chi connectivity index (χ3n) is 4.86. The van der Waals surface area contributed by atoms with Gasteiger partial charge in [0.05, 0.1) is 11.4 Å². The van der Waals surface area contributed by atoms with Crippen LogP contribution in [0, 0.1) is 6.92 Å². The predicted octanol–water partition coefficient (Wildman–Crippen LogP) is 4.33. The van der Waals surface area contributed by atoms with Gasteiger partial charge in [-0.25, -0.2) is 0 Å². The Labute approximate surface area is 196 Å². The van der Waals surface area contributed by atoms with Crippen LogP contribution in [0.15, 0.2) is 90.6 Å². The molecule has 0 radical (unpaired) electrons. The maximum atomic E-state index is 12.4.